The molecule has 0 bridgehead atoms. The lowest BCUT2D eigenvalue weighted by Crippen LogP contribution is -1.92. The maximum Gasteiger partial charge on any atom is 0.0936 e. The van der Waals surface area contributed by atoms with E-state index in [4.69, 9.17) is 10.8 Å². The highest BCUT2D eigenvalue weighted by atomic mass is 16.2. The average molecular weight is 323 g/mol. The standard InChI is InChI=1S/C18H19N3O.C2H6/c1-3-15-16(4-2)18(10-9-17(15)19)21-20-14-7-5-13(6-8-14)11-12-22;1-2/h3-10,22H,1-2,11-12,19H2;1-2H3. The van der Waals surface area contributed by atoms with Crippen LogP contribution < -0.4 is 5.73 Å². The Hall–Kier alpha value is -2.72. The highest BCUT2D eigenvalue weighted by molar-refractivity contribution is 5.80. The number of anilines is 1. The number of hydrogen-bond donors (Lipinski definition) is 2. The molecule has 0 heterocycles. The molecule has 24 heavy (non-hydrogen) atoms. The molecular formula is C20H25N3O. The van der Waals surface area contributed by atoms with Gasteiger partial charge in [0.2, 0.25) is 0 Å². The van der Waals surface area contributed by atoms with Crippen LogP contribution in [0.5, 0.6) is 0 Å². The van der Waals surface area contributed by atoms with Gasteiger partial charge in [-0.2, -0.15) is 5.11 Å². The summed E-state index contributed by atoms with van der Waals surface area (Å²) >= 11 is 0. The number of nitrogen functional groups attached to an aromatic ring is 1. The summed E-state index contributed by atoms with van der Waals surface area (Å²) in [4.78, 5) is 0. The molecule has 0 unspecified atom stereocenters. The van der Waals surface area contributed by atoms with Crippen molar-refractivity contribution in [3.05, 3.63) is 66.2 Å². The van der Waals surface area contributed by atoms with Gasteiger partial charge in [0.25, 0.3) is 0 Å². The highest BCUT2D eigenvalue weighted by Gasteiger charge is 2.06. The summed E-state index contributed by atoms with van der Waals surface area (Å²) in [6.07, 6.45) is 4.03. The summed E-state index contributed by atoms with van der Waals surface area (Å²) in [6.45, 7) is 11.7. The summed E-state index contributed by atoms with van der Waals surface area (Å²) in [5, 5.41) is 17.4. The number of aliphatic hydroxyl groups is 1. The minimum atomic E-state index is 0.138. The van der Waals surface area contributed by atoms with Crippen LogP contribution in [0.25, 0.3) is 12.2 Å². The third-order valence-corrected chi connectivity index (χ3v) is 3.32. The number of nitrogens with zero attached hydrogens (tertiary/aromatic N) is 2. The number of rotatable bonds is 6. The lowest BCUT2D eigenvalue weighted by atomic mass is 10.0. The van der Waals surface area contributed by atoms with Crippen molar-refractivity contribution in [1.82, 2.24) is 0 Å². The molecule has 0 aromatic heterocycles. The van der Waals surface area contributed by atoms with Gasteiger partial charge in [0.05, 0.1) is 11.4 Å². The molecule has 0 amide bonds. The third-order valence-electron chi connectivity index (χ3n) is 3.32. The van der Waals surface area contributed by atoms with Crippen molar-refractivity contribution in [3.63, 3.8) is 0 Å². The van der Waals surface area contributed by atoms with Gasteiger partial charge in [0, 0.05) is 23.4 Å². The normalized spacial score (nSPS) is 10.1. The van der Waals surface area contributed by atoms with Crippen LogP contribution in [0.4, 0.5) is 17.1 Å². The van der Waals surface area contributed by atoms with Crippen LogP contribution in [0, 0.1) is 0 Å². The fourth-order valence-electron chi connectivity index (χ4n) is 2.14. The van der Waals surface area contributed by atoms with Crippen molar-refractivity contribution < 1.29 is 5.11 Å². The molecule has 0 atom stereocenters. The second-order valence-electron chi connectivity index (χ2n) is 4.75. The molecule has 0 saturated heterocycles. The van der Waals surface area contributed by atoms with Gasteiger partial charge >= 0.3 is 0 Å². The van der Waals surface area contributed by atoms with Gasteiger partial charge in [-0.05, 0) is 36.2 Å². The Balaban J connectivity index is 0.00000139. The maximum atomic E-state index is 8.90. The zero-order valence-electron chi connectivity index (χ0n) is 14.4. The van der Waals surface area contributed by atoms with Crippen LogP contribution in [0.1, 0.15) is 30.5 Å². The van der Waals surface area contributed by atoms with Crippen molar-refractivity contribution >= 4 is 29.2 Å². The molecule has 0 fully saturated rings. The van der Waals surface area contributed by atoms with Crippen LogP contribution >= 0.6 is 0 Å². The first-order valence-corrected chi connectivity index (χ1v) is 7.98. The van der Waals surface area contributed by atoms with Gasteiger partial charge in [-0.3, -0.25) is 0 Å². The summed E-state index contributed by atoms with van der Waals surface area (Å²) < 4.78 is 0. The number of azo groups is 1. The molecule has 2 rings (SSSR count). The minimum absolute atomic E-state index is 0.138. The number of hydrogen-bond acceptors (Lipinski definition) is 4. The van der Waals surface area contributed by atoms with Gasteiger partial charge in [-0.1, -0.05) is 51.3 Å². The quantitative estimate of drug-likeness (QED) is 0.542. The maximum absolute atomic E-state index is 8.90. The van der Waals surface area contributed by atoms with Gasteiger partial charge in [0.1, 0.15) is 0 Å². The van der Waals surface area contributed by atoms with Crippen molar-refractivity contribution in [1.29, 1.82) is 0 Å². The van der Waals surface area contributed by atoms with E-state index in [-0.39, 0.29) is 6.61 Å². The predicted octanol–water partition coefficient (Wildman–Crippen LogP) is 5.53. The topological polar surface area (TPSA) is 71.0 Å². The molecular weight excluding hydrogens is 298 g/mol. The minimum Gasteiger partial charge on any atom is -0.398 e. The van der Waals surface area contributed by atoms with E-state index < -0.39 is 0 Å². The molecule has 0 spiro atoms. The third kappa shape index (κ3) is 4.89. The largest absolute Gasteiger partial charge is 0.398 e. The van der Waals surface area contributed by atoms with Crippen molar-refractivity contribution in [2.75, 3.05) is 12.3 Å². The van der Waals surface area contributed by atoms with E-state index >= 15 is 0 Å². The van der Waals surface area contributed by atoms with Crippen molar-refractivity contribution in [3.8, 4) is 0 Å². The molecule has 0 aliphatic carbocycles. The van der Waals surface area contributed by atoms with Crippen LogP contribution in [0.2, 0.25) is 0 Å². The Morgan fingerprint density at radius 2 is 1.58 bits per heavy atom. The van der Waals surface area contributed by atoms with E-state index in [1.54, 1.807) is 18.2 Å². The fraction of sp³-hybridized carbons (Fsp3) is 0.200. The smallest absolute Gasteiger partial charge is 0.0936 e. The molecule has 0 aliphatic rings. The first-order chi connectivity index (χ1) is 11.7. The Labute approximate surface area is 144 Å². The van der Waals surface area contributed by atoms with E-state index in [2.05, 4.69) is 23.4 Å². The monoisotopic (exact) mass is 323 g/mol. The SMILES string of the molecule is C=Cc1c(N)ccc(N=Nc2ccc(CCO)cc2)c1C=C.CC. The lowest BCUT2D eigenvalue weighted by Gasteiger charge is -2.07. The summed E-state index contributed by atoms with van der Waals surface area (Å²) in [6, 6.07) is 11.2. The van der Waals surface area contributed by atoms with E-state index in [9.17, 15) is 0 Å². The fourth-order valence-corrected chi connectivity index (χ4v) is 2.14. The van der Waals surface area contributed by atoms with Gasteiger partial charge in [0.15, 0.2) is 0 Å². The van der Waals surface area contributed by atoms with Gasteiger partial charge in [-0.25, -0.2) is 0 Å². The summed E-state index contributed by atoms with van der Waals surface area (Å²) in [7, 11) is 0. The zero-order valence-corrected chi connectivity index (χ0v) is 14.4. The molecule has 126 valence electrons. The first-order valence-electron chi connectivity index (χ1n) is 7.98. The van der Waals surface area contributed by atoms with E-state index in [0.717, 1.165) is 22.4 Å². The summed E-state index contributed by atoms with van der Waals surface area (Å²) in [5.41, 5.74) is 10.7. The van der Waals surface area contributed by atoms with Crippen LogP contribution in [-0.2, 0) is 6.42 Å². The number of nitrogens with two attached hydrogens (primary N) is 1. The zero-order chi connectivity index (χ0) is 17.9. The van der Waals surface area contributed by atoms with Crippen LogP contribution in [0.15, 0.2) is 59.8 Å². The highest BCUT2D eigenvalue weighted by Crippen LogP contribution is 2.30. The Morgan fingerprint density at radius 1 is 0.958 bits per heavy atom. The second kappa shape index (κ2) is 10.1. The molecule has 2 aromatic rings. The van der Waals surface area contributed by atoms with Gasteiger partial charge in [-0.15, -0.1) is 5.11 Å². The van der Waals surface area contributed by atoms with Crippen LogP contribution in [0.3, 0.4) is 0 Å². The van der Waals surface area contributed by atoms with E-state index in [1.807, 2.05) is 44.2 Å². The van der Waals surface area contributed by atoms with Crippen LogP contribution in [-0.4, -0.2) is 11.7 Å². The molecule has 0 radical (unpaired) electrons. The molecule has 2 aromatic carbocycles. The summed E-state index contributed by atoms with van der Waals surface area (Å²) in [5.74, 6) is 0. The van der Waals surface area contributed by atoms with E-state index in [0.29, 0.717) is 17.8 Å². The number of aliphatic hydroxyl groups excluding tert-OH is 1. The molecule has 0 saturated carbocycles. The Kier molecular flexibility index (Phi) is 8.16. The van der Waals surface area contributed by atoms with Crippen molar-refractivity contribution in [2.24, 2.45) is 10.2 Å². The second-order valence-corrected chi connectivity index (χ2v) is 4.75. The van der Waals surface area contributed by atoms with E-state index in [1.165, 1.54) is 0 Å². The molecule has 4 heteroatoms. The molecule has 4 nitrogen and oxygen atoms in total. The van der Waals surface area contributed by atoms with Crippen molar-refractivity contribution in [2.45, 2.75) is 20.3 Å². The first kappa shape index (κ1) is 19.3. The molecule has 3 N–H and O–H groups in total. The average Bonchev–Trinajstić information content (AvgIpc) is 2.63. The lowest BCUT2D eigenvalue weighted by molar-refractivity contribution is 0.299. The Bertz CT molecular complexity index is 704. The predicted molar refractivity (Wildman–Crippen MR) is 104 cm³/mol. The van der Waals surface area contributed by atoms with Gasteiger partial charge < -0.3 is 10.8 Å². The molecule has 0 aliphatic heterocycles. The number of benzene rings is 2. The Morgan fingerprint density at radius 3 is 2.12 bits per heavy atom.